The number of amidine groups is 2. The van der Waals surface area contributed by atoms with E-state index in [1.165, 1.54) is 5.69 Å². The van der Waals surface area contributed by atoms with Crippen LogP contribution in [0.1, 0.15) is 13.8 Å². The van der Waals surface area contributed by atoms with Gasteiger partial charge in [0.05, 0.1) is 5.69 Å². The molecule has 1 heterocycles. The molecule has 1 aromatic rings. The molecule has 0 radical (unpaired) electrons. The summed E-state index contributed by atoms with van der Waals surface area (Å²) in [5.41, 5.74) is 2.62. The average molecular weight is 300 g/mol. The van der Waals surface area contributed by atoms with Crippen molar-refractivity contribution in [3.8, 4) is 0 Å². The highest BCUT2D eigenvalue weighted by atomic mass is 15.5. The molecule has 118 valence electrons. The van der Waals surface area contributed by atoms with E-state index in [1.54, 1.807) is 12.1 Å². The zero-order valence-electron chi connectivity index (χ0n) is 14.0. The van der Waals surface area contributed by atoms with Gasteiger partial charge in [-0.25, -0.2) is 10.0 Å². The highest BCUT2D eigenvalue weighted by Crippen LogP contribution is 2.21. The summed E-state index contributed by atoms with van der Waals surface area (Å²) >= 11 is 0. The molecule has 1 aromatic carbocycles. The van der Waals surface area contributed by atoms with Crippen LogP contribution in [-0.2, 0) is 0 Å². The van der Waals surface area contributed by atoms with Gasteiger partial charge >= 0.3 is 0 Å². The summed E-state index contributed by atoms with van der Waals surface area (Å²) in [7, 11) is 5.58. The first-order valence-corrected chi connectivity index (χ1v) is 7.50. The van der Waals surface area contributed by atoms with E-state index >= 15 is 0 Å². The Balaban J connectivity index is 2.29. The summed E-state index contributed by atoms with van der Waals surface area (Å²) in [6.45, 7) is 6.26. The summed E-state index contributed by atoms with van der Waals surface area (Å²) in [4.78, 5) is 8.77. The molecule has 0 aromatic heterocycles. The predicted octanol–water partition coefficient (Wildman–Crippen LogP) is 2.40. The fourth-order valence-corrected chi connectivity index (χ4v) is 2.36. The van der Waals surface area contributed by atoms with Gasteiger partial charge in [0, 0.05) is 39.9 Å². The SMILES string of the molecule is CCN(CC)c1ccc(N=C2C(=N)N(C)N=C2N(C)C)cc1. The molecule has 0 saturated heterocycles. The molecule has 0 atom stereocenters. The smallest absolute Gasteiger partial charge is 0.178 e. The Morgan fingerprint density at radius 3 is 2.23 bits per heavy atom. The van der Waals surface area contributed by atoms with Crippen molar-refractivity contribution in [1.29, 1.82) is 5.41 Å². The number of hydrogen-bond donors (Lipinski definition) is 1. The topological polar surface area (TPSA) is 58.3 Å². The molecule has 0 aliphatic carbocycles. The standard InChI is InChI=1S/C16H24N6/c1-6-22(7-2)13-10-8-12(9-11-13)18-14-15(17)21(5)19-16(14)20(3)4/h8-11,17H,6-7H2,1-5H3. The summed E-state index contributed by atoms with van der Waals surface area (Å²) < 4.78 is 0. The Morgan fingerprint density at radius 1 is 1.14 bits per heavy atom. The third kappa shape index (κ3) is 3.10. The third-order valence-corrected chi connectivity index (χ3v) is 3.65. The van der Waals surface area contributed by atoms with E-state index in [4.69, 9.17) is 5.41 Å². The maximum Gasteiger partial charge on any atom is 0.178 e. The molecule has 0 saturated carbocycles. The van der Waals surface area contributed by atoms with E-state index in [9.17, 15) is 0 Å². The van der Waals surface area contributed by atoms with Gasteiger partial charge in [-0.3, -0.25) is 5.41 Å². The second-order valence-corrected chi connectivity index (χ2v) is 5.34. The van der Waals surface area contributed by atoms with Crippen molar-refractivity contribution in [2.45, 2.75) is 13.8 Å². The van der Waals surface area contributed by atoms with Crippen molar-refractivity contribution >= 4 is 28.8 Å². The first-order chi connectivity index (χ1) is 10.5. The molecule has 1 aliphatic rings. The number of nitrogens with zero attached hydrogens (tertiary/aromatic N) is 5. The maximum absolute atomic E-state index is 8.10. The molecule has 0 unspecified atom stereocenters. The molecule has 0 bridgehead atoms. The summed E-state index contributed by atoms with van der Waals surface area (Å²) in [5.74, 6) is 1.02. The van der Waals surface area contributed by atoms with Gasteiger partial charge in [-0.15, -0.1) is 0 Å². The highest BCUT2D eigenvalue weighted by Gasteiger charge is 2.27. The largest absolute Gasteiger partial charge is 0.372 e. The summed E-state index contributed by atoms with van der Waals surface area (Å²) in [5, 5.41) is 14.0. The lowest BCUT2D eigenvalue weighted by molar-refractivity contribution is 0.535. The fourth-order valence-electron chi connectivity index (χ4n) is 2.36. The van der Waals surface area contributed by atoms with E-state index in [0.29, 0.717) is 17.4 Å². The van der Waals surface area contributed by atoms with E-state index in [-0.39, 0.29) is 0 Å². The number of hydrogen-bond acceptors (Lipinski definition) is 5. The number of aliphatic imine (C=N–C) groups is 1. The van der Waals surface area contributed by atoms with Crippen LogP contribution >= 0.6 is 0 Å². The van der Waals surface area contributed by atoms with Crippen LogP contribution < -0.4 is 4.90 Å². The Labute approximate surface area is 132 Å². The van der Waals surface area contributed by atoms with Crippen molar-refractivity contribution in [3.63, 3.8) is 0 Å². The van der Waals surface area contributed by atoms with Crippen LogP contribution in [-0.4, -0.2) is 61.5 Å². The molecule has 1 N–H and O–H groups in total. The Kier molecular flexibility index (Phi) is 4.80. The van der Waals surface area contributed by atoms with Crippen molar-refractivity contribution in [2.24, 2.45) is 10.1 Å². The Morgan fingerprint density at radius 2 is 1.73 bits per heavy atom. The monoisotopic (exact) mass is 300 g/mol. The Hall–Kier alpha value is -2.37. The number of benzene rings is 1. The molecule has 22 heavy (non-hydrogen) atoms. The van der Waals surface area contributed by atoms with Crippen LogP contribution in [0.15, 0.2) is 34.4 Å². The normalized spacial score (nSPS) is 16.2. The van der Waals surface area contributed by atoms with E-state index in [2.05, 4.69) is 41.0 Å². The average Bonchev–Trinajstić information content (AvgIpc) is 2.79. The lowest BCUT2D eigenvalue weighted by Crippen LogP contribution is -2.31. The minimum Gasteiger partial charge on any atom is -0.372 e. The molecule has 2 rings (SSSR count). The van der Waals surface area contributed by atoms with Gasteiger partial charge in [0.2, 0.25) is 0 Å². The third-order valence-electron chi connectivity index (χ3n) is 3.65. The second-order valence-electron chi connectivity index (χ2n) is 5.34. The van der Waals surface area contributed by atoms with Crippen LogP contribution in [0.3, 0.4) is 0 Å². The number of anilines is 1. The molecular formula is C16H24N6. The van der Waals surface area contributed by atoms with Gasteiger partial charge in [0.15, 0.2) is 17.4 Å². The minimum absolute atomic E-state index is 0.316. The first kappa shape index (κ1) is 16.0. The fraction of sp³-hybridized carbons (Fsp3) is 0.438. The van der Waals surface area contributed by atoms with Crippen LogP contribution in [0.4, 0.5) is 11.4 Å². The van der Waals surface area contributed by atoms with Gasteiger partial charge < -0.3 is 9.80 Å². The van der Waals surface area contributed by atoms with Crippen LogP contribution in [0.5, 0.6) is 0 Å². The summed E-state index contributed by atoms with van der Waals surface area (Å²) in [6, 6.07) is 8.11. The van der Waals surface area contributed by atoms with E-state index in [0.717, 1.165) is 18.8 Å². The molecule has 0 spiro atoms. The predicted molar refractivity (Wildman–Crippen MR) is 93.7 cm³/mol. The van der Waals surface area contributed by atoms with Crippen molar-refractivity contribution in [3.05, 3.63) is 24.3 Å². The van der Waals surface area contributed by atoms with Crippen molar-refractivity contribution in [1.82, 2.24) is 9.91 Å². The molecule has 0 amide bonds. The number of rotatable bonds is 4. The summed E-state index contributed by atoms with van der Waals surface area (Å²) in [6.07, 6.45) is 0. The zero-order valence-corrected chi connectivity index (χ0v) is 14.0. The highest BCUT2D eigenvalue weighted by molar-refractivity contribution is 6.69. The molecule has 0 fully saturated rings. The minimum atomic E-state index is 0.316. The van der Waals surface area contributed by atoms with Gasteiger partial charge in [-0.2, -0.15) is 5.10 Å². The van der Waals surface area contributed by atoms with Gasteiger partial charge in [-0.05, 0) is 38.1 Å². The molecule has 6 nitrogen and oxygen atoms in total. The van der Waals surface area contributed by atoms with Gasteiger partial charge in [0.25, 0.3) is 0 Å². The lowest BCUT2D eigenvalue weighted by Gasteiger charge is -2.20. The molecule has 6 heteroatoms. The van der Waals surface area contributed by atoms with E-state index < -0.39 is 0 Å². The van der Waals surface area contributed by atoms with Gasteiger partial charge in [0.1, 0.15) is 0 Å². The Bertz CT molecular complexity index is 596. The van der Waals surface area contributed by atoms with Crippen molar-refractivity contribution < 1.29 is 0 Å². The number of nitrogens with one attached hydrogen (secondary N) is 1. The lowest BCUT2D eigenvalue weighted by atomic mass is 10.2. The van der Waals surface area contributed by atoms with E-state index in [1.807, 2.05) is 31.1 Å². The van der Waals surface area contributed by atoms with Crippen LogP contribution in [0.2, 0.25) is 0 Å². The molecular weight excluding hydrogens is 276 g/mol. The van der Waals surface area contributed by atoms with Crippen molar-refractivity contribution in [2.75, 3.05) is 39.1 Å². The molecule has 1 aliphatic heterocycles. The maximum atomic E-state index is 8.10. The zero-order chi connectivity index (χ0) is 16.3. The van der Waals surface area contributed by atoms with Crippen LogP contribution in [0.25, 0.3) is 0 Å². The number of hydrazone groups is 1. The quantitative estimate of drug-likeness (QED) is 0.929. The van der Waals surface area contributed by atoms with Crippen LogP contribution in [0, 0.1) is 5.41 Å². The van der Waals surface area contributed by atoms with Gasteiger partial charge in [-0.1, -0.05) is 0 Å². The first-order valence-electron chi connectivity index (χ1n) is 7.50. The second kappa shape index (κ2) is 6.60.